The second kappa shape index (κ2) is 5.50. The first-order chi connectivity index (χ1) is 8.33. The molecule has 0 spiro atoms. The van der Waals surface area contributed by atoms with E-state index in [1.807, 2.05) is 0 Å². The monoisotopic (exact) mass is 267 g/mol. The van der Waals surface area contributed by atoms with Gasteiger partial charge < -0.3 is 22.9 Å². The molecular formula is C15H22ClNO. The van der Waals surface area contributed by atoms with Crippen LogP contribution < -0.4 is 22.9 Å². The van der Waals surface area contributed by atoms with E-state index in [4.69, 9.17) is 4.74 Å². The molecule has 1 aromatic carbocycles. The van der Waals surface area contributed by atoms with Crippen LogP contribution >= 0.6 is 0 Å². The van der Waals surface area contributed by atoms with Crippen molar-refractivity contribution in [2.24, 2.45) is 17.8 Å². The number of halogens is 1. The molecule has 0 saturated heterocycles. The zero-order chi connectivity index (χ0) is 11.8. The minimum atomic E-state index is 0. The van der Waals surface area contributed by atoms with E-state index in [1.165, 1.54) is 24.8 Å². The number of benzene rings is 1. The van der Waals surface area contributed by atoms with Gasteiger partial charge in [-0.3, -0.25) is 0 Å². The summed E-state index contributed by atoms with van der Waals surface area (Å²) < 4.78 is 5.23. The van der Waals surface area contributed by atoms with Gasteiger partial charge in [0.15, 0.2) is 0 Å². The SMILES string of the molecule is COc1ccc([C@@H]2[C@H]3CC[C@H](C3)[C@H]2C[NH3+])cc1.[Cl-]. The summed E-state index contributed by atoms with van der Waals surface area (Å²) in [5.41, 5.74) is 5.68. The van der Waals surface area contributed by atoms with E-state index in [2.05, 4.69) is 30.0 Å². The minimum absolute atomic E-state index is 0. The van der Waals surface area contributed by atoms with Crippen molar-refractivity contribution < 1.29 is 22.9 Å². The Morgan fingerprint density at radius 2 is 1.83 bits per heavy atom. The van der Waals surface area contributed by atoms with Crippen LogP contribution in [0.4, 0.5) is 0 Å². The van der Waals surface area contributed by atoms with Gasteiger partial charge in [0.25, 0.3) is 0 Å². The predicted molar refractivity (Wildman–Crippen MR) is 67.8 cm³/mol. The molecule has 0 heterocycles. The zero-order valence-corrected chi connectivity index (χ0v) is 11.7. The predicted octanol–water partition coefficient (Wildman–Crippen LogP) is -0.929. The van der Waals surface area contributed by atoms with Crippen molar-refractivity contribution in [2.45, 2.75) is 25.2 Å². The summed E-state index contributed by atoms with van der Waals surface area (Å²) in [6, 6.07) is 8.71. The Balaban J connectivity index is 0.00000120. The molecule has 0 aromatic heterocycles. The molecule has 0 amide bonds. The van der Waals surface area contributed by atoms with Crippen molar-refractivity contribution >= 4 is 0 Å². The molecule has 2 saturated carbocycles. The lowest BCUT2D eigenvalue weighted by Gasteiger charge is -2.29. The van der Waals surface area contributed by atoms with Crippen LogP contribution in [0.3, 0.4) is 0 Å². The summed E-state index contributed by atoms with van der Waals surface area (Å²) in [4.78, 5) is 0. The Morgan fingerprint density at radius 3 is 2.44 bits per heavy atom. The number of ether oxygens (including phenoxy) is 1. The third-order valence-electron chi connectivity index (χ3n) is 4.92. The van der Waals surface area contributed by atoms with Gasteiger partial charge in [0.05, 0.1) is 13.7 Å². The van der Waals surface area contributed by atoms with Crippen LogP contribution in [0.2, 0.25) is 0 Å². The minimum Gasteiger partial charge on any atom is -1.00 e. The molecule has 3 heteroatoms. The maximum Gasteiger partial charge on any atom is 0.118 e. The highest BCUT2D eigenvalue weighted by molar-refractivity contribution is 5.31. The molecule has 2 aliphatic rings. The molecule has 3 N–H and O–H groups in total. The smallest absolute Gasteiger partial charge is 0.118 e. The highest BCUT2D eigenvalue weighted by Crippen LogP contribution is 2.56. The van der Waals surface area contributed by atoms with Crippen molar-refractivity contribution in [3.8, 4) is 5.75 Å². The Kier molecular flexibility index (Phi) is 4.18. The molecule has 4 atom stereocenters. The summed E-state index contributed by atoms with van der Waals surface area (Å²) in [5, 5.41) is 0. The second-order valence-electron chi connectivity index (χ2n) is 5.58. The Morgan fingerprint density at radius 1 is 1.17 bits per heavy atom. The summed E-state index contributed by atoms with van der Waals surface area (Å²) in [5.74, 6) is 4.41. The summed E-state index contributed by atoms with van der Waals surface area (Å²) >= 11 is 0. The fourth-order valence-electron chi connectivity index (χ4n) is 4.17. The summed E-state index contributed by atoms with van der Waals surface area (Å²) in [7, 11) is 1.73. The first kappa shape index (κ1) is 13.7. The number of hydrogen-bond donors (Lipinski definition) is 1. The molecule has 2 bridgehead atoms. The lowest BCUT2D eigenvalue weighted by atomic mass is 9.75. The van der Waals surface area contributed by atoms with E-state index in [1.54, 1.807) is 7.11 Å². The number of fused-ring (bicyclic) bond motifs is 2. The maximum atomic E-state index is 5.23. The molecule has 2 nitrogen and oxygen atoms in total. The van der Waals surface area contributed by atoms with Gasteiger partial charge in [0.1, 0.15) is 5.75 Å². The fourth-order valence-corrected chi connectivity index (χ4v) is 4.17. The first-order valence-corrected chi connectivity index (χ1v) is 6.76. The molecular weight excluding hydrogens is 246 g/mol. The Bertz CT molecular complexity index is 392. The number of quaternary nitrogens is 1. The largest absolute Gasteiger partial charge is 1.00 e. The molecule has 3 rings (SSSR count). The highest BCUT2D eigenvalue weighted by Gasteiger charge is 2.48. The van der Waals surface area contributed by atoms with Crippen LogP contribution in [0.15, 0.2) is 24.3 Å². The summed E-state index contributed by atoms with van der Waals surface area (Å²) in [6.45, 7) is 1.10. The molecule has 2 fully saturated rings. The van der Waals surface area contributed by atoms with Gasteiger partial charge >= 0.3 is 0 Å². The topological polar surface area (TPSA) is 36.9 Å². The quantitative estimate of drug-likeness (QED) is 0.755. The Labute approximate surface area is 115 Å². The van der Waals surface area contributed by atoms with E-state index < -0.39 is 0 Å². The number of rotatable bonds is 3. The van der Waals surface area contributed by atoms with E-state index in [0.717, 1.165) is 36.0 Å². The Hall–Kier alpha value is -0.730. The molecule has 100 valence electrons. The third kappa shape index (κ3) is 2.12. The molecule has 0 radical (unpaired) electrons. The molecule has 0 aliphatic heterocycles. The summed E-state index contributed by atoms with van der Waals surface area (Å²) in [6.07, 6.45) is 4.31. The molecule has 0 unspecified atom stereocenters. The average molecular weight is 268 g/mol. The first-order valence-electron chi connectivity index (χ1n) is 6.76. The van der Waals surface area contributed by atoms with Crippen LogP contribution in [-0.2, 0) is 0 Å². The zero-order valence-electron chi connectivity index (χ0n) is 10.9. The van der Waals surface area contributed by atoms with E-state index >= 15 is 0 Å². The van der Waals surface area contributed by atoms with Gasteiger partial charge in [-0.1, -0.05) is 12.1 Å². The van der Waals surface area contributed by atoms with Gasteiger partial charge in [0.2, 0.25) is 0 Å². The number of hydrogen-bond acceptors (Lipinski definition) is 1. The van der Waals surface area contributed by atoms with Crippen LogP contribution in [-0.4, -0.2) is 13.7 Å². The standard InChI is InChI=1S/C15H21NO.ClH/c1-17-13-6-4-10(5-7-13)15-12-3-2-11(8-12)14(15)9-16;/h4-7,11-12,14-15H,2-3,8-9,16H2,1H3;1H/t11-,12+,14-,15-;/m1./s1. The van der Waals surface area contributed by atoms with Gasteiger partial charge in [-0.05, 0) is 54.7 Å². The number of methoxy groups -OCH3 is 1. The molecule has 1 aromatic rings. The molecule has 18 heavy (non-hydrogen) atoms. The lowest BCUT2D eigenvalue weighted by molar-refractivity contribution is -0.382. The van der Waals surface area contributed by atoms with Gasteiger partial charge in [-0.25, -0.2) is 0 Å². The van der Waals surface area contributed by atoms with Crippen molar-refractivity contribution in [1.29, 1.82) is 0 Å². The normalized spacial score (nSPS) is 33.2. The lowest BCUT2D eigenvalue weighted by Crippen LogP contribution is -3.00. The maximum absolute atomic E-state index is 5.23. The van der Waals surface area contributed by atoms with Crippen molar-refractivity contribution in [2.75, 3.05) is 13.7 Å². The van der Waals surface area contributed by atoms with Gasteiger partial charge in [0, 0.05) is 5.92 Å². The highest BCUT2D eigenvalue weighted by atomic mass is 35.5. The van der Waals surface area contributed by atoms with E-state index in [9.17, 15) is 0 Å². The average Bonchev–Trinajstić information content (AvgIpc) is 2.98. The third-order valence-corrected chi connectivity index (χ3v) is 4.92. The van der Waals surface area contributed by atoms with Crippen molar-refractivity contribution in [3.05, 3.63) is 29.8 Å². The van der Waals surface area contributed by atoms with Crippen LogP contribution in [0.5, 0.6) is 5.75 Å². The van der Waals surface area contributed by atoms with Crippen LogP contribution in [0.1, 0.15) is 30.7 Å². The van der Waals surface area contributed by atoms with Crippen LogP contribution in [0, 0.1) is 17.8 Å². The second-order valence-corrected chi connectivity index (χ2v) is 5.58. The van der Waals surface area contributed by atoms with Crippen molar-refractivity contribution in [3.63, 3.8) is 0 Å². The van der Waals surface area contributed by atoms with Crippen molar-refractivity contribution in [1.82, 2.24) is 0 Å². The molecule has 2 aliphatic carbocycles. The van der Waals surface area contributed by atoms with E-state index in [0.29, 0.717) is 0 Å². The van der Waals surface area contributed by atoms with Gasteiger partial charge in [-0.15, -0.1) is 0 Å². The van der Waals surface area contributed by atoms with Crippen LogP contribution in [0.25, 0.3) is 0 Å². The van der Waals surface area contributed by atoms with Gasteiger partial charge in [-0.2, -0.15) is 0 Å². The van der Waals surface area contributed by atoms with E-state index in [-0.39, 0.29) is 12.4 Å². The fraction of sp³-hybridized carbons (Fsp3) is 0.600.